The number of halogens is 1. The molecule has 4 aromatic carbocycles. The topological polar surface area (TPSA) is 92.8 Å². The third-order valence-corrected chi connectivity index (χ3v) is 8.49. The first-order valence-electron chi connectivity index (χ1n) is 13.3. The summed E-state index contributed by atoms with van der Waals surface area (Å²) in [6, 6.07) is 28.9. The number of ether oxygens (including phenoxy) is 1. The molecule has 2 atom stereocenters. The van der Waals surface area contributed by atoms with Gasteiger partial charge in [0.1, 0.15) is 0 Å². The number of carbonyl (C=O) groups excluding carboxylic acids is 4. The van der Waals surface area contributed by atoms with Gasteiger partial charge in [0.05, 0.1) is 23.1 Å². The summed E-state index contributed by atoms with van der Waals surface area (Å²) in [5.41, 5.74) is 5.52. The zero-order valence-electron chi connectivity index (χ0n) is 21.6. The van der Waals surface area contributed by atoms with Gasteiger partial charge in [-0.15, -0.1) is 0 Å². The second-order valence-electron chi connectivity index (χ2n) is 10.5. The predicted molar refractivity (Wildman–Crippen MR) is 153 cm³/mol. The molecule has 3 amide bonds. The largest absolute Gasteiger partial charge is 0.452 e. The van der Waals surface area contributed by atoms with Crippen molar-refractivity contribution in [3.8, 4) is 0 Å². The van der Waals surface area contributed by atoms with E-state index in [2.05, 4.69) is 29.6 Å². The number of benzene rings is 4. The molecule has 8 heteroatoms. The van der Waals surface area contributed by atoms with Gasteiger partial charge >= 0.3 is 5.97 Å². The van der Waals surface area contributed by atoms with Crippen molar-refractivity contribution in [2.75, 3.05) is 16.8 Å². The van der Waals surface area contributed by atoms with Crippen molar-refractivity contribution in [1.82, 2.24) is 0 Å². The maximum atomic E-state index is 13.9. The average molecular weight is 563 g/mol. The molecule has 0 radical (unpaired) electrons. The molecule has 1 fully saturated rings. The van der Waals surface area contributed by atoms with E-state index in [4.69, 9.17) is 16.3 Å². The van der Waals surface area contributed by atoms with Crippen molar-refractivity contribution in [3.05, 3.63) is 130 Å². The molecule has 7 nitrogen and oxygen atoms in total. The van der Waals surface area contributed by atoms with Gasteiger partial charge in [0.15, 0.2) is 6.61 Å². The fraction of sp³-hybridized carbons (Fsp3) is 0.152. The molecule has 0 unspecified atom stereocenters. The molecule has 41 heavy (non-hydrogen) atoms. The molecule has 0 aromatic heterocycles. The predicted octanol–water partition coefficient (Wildman–Crippen LogP) is 5.53. The van der Waals surface area contributed by atoms with Crippen LogP contribution in [0.15, 0.2) is 97.1 Å². The van der Waals surface area contributed by atoms with Crippen LogP contribution in [0.25, 0.3) is 0 Å². The minimum Gasteiger partial charge on any atom is -0.452 e. The minimum absolute atomic E-state index is 0.189. The van der Waals surface area contributed by atoms with Crippen molar-refractivity contribution < 1.29 is 23.9 Å². The van der Waals surface area contributed by atoms with E-state index in [1.807, 2.05) is 24.3 Å². The minimum atomic E-state index is -0.700. The summed E-state index contributed by atoms with van der Waals surface area (Å²) in [7, 11) is 0. The zero-order valence-corrected chi connectivity index (χ0v) is 22.4. The molecule has 202 valence electrons. The van der Waals surface area contributed by atoms with E-state index in [9.17, 15) is 19.2 Å². The number of hydrogen-bond donors (Lipinski definition) is 1. The summed E-state index contributed by atoms with van der Waals surface area (Å²) in [4.78, 5) is 53.8. The van der Waals surface area contributed by atoms with Crippen LogP contribution >= 0.6 is 11.6 Å². The fourth-order valence-corrected chi connectivity index (χ4v) is 6.85. The second-order valence-corrected chi connectivity index (χ2v) is 10.9. The molecular weight excluding hydrogens is 540 g/mol. The van der Waals surface area contributed by atoms with E-state index in [0.717, 1.165) is 22.3 Å². The highest BCUT2D eigenvalue weighted by Crippen LogP contribution is 2.61. The van der Waals surface area contributed by atoms with E-state index in [-0.39, 0.29) is 29.2 Å². The van der Waals surface area contributed by atoms with E-state index >= 15 is 0 Å². The Kier molecular flexibility index (Phi) is 5.98. The molecule has 1 N–H and O–H groups in total. The summed E-state index contributed by atoms with van der Waals surface area (Å²) in [5.74, 6) is -3.02. The van der Waals surface area contributed by atoms with Gasteiger partial charge in [-0.25, -0.2) is 9.69 Å². The van der Waals surface area contributed by atoms with Gasteiger partial charge in [0.25, 0.3) is 5.91 Å². The molecule has 1 saturated heterocycles. The normalized spacial score (nSPS) is 21.6. The number of esters is 1. The standard InChI is InChI=1S/C33H23ClN2O5/c34-19-6-5-7-20(16-19)35-26(37)17-41-33(40)18-12-14-21(15-13-18)36-31(38)29-27-22-8-1-2-9-23(22)28(30(29)32(36)39)25-11-4-3-10-24(25)27/h1-16,27-30H,17H2,(H,35,37)/t27?,28?,29-,30-/m1/s1. The van der Waals surface area contributed by atoms with E-state index in [1.165, 1.54) is 17.0 Å². The fourth-order valence-electron chi connectivity index (χ4n) is 6.66. The van der Waals surface area contributed by atoms with Crippen LogP contribution in [0.5, 0.6) is 0 Å². The van der Waals surface area contributed by atoms with Gasteiger partial charge in [-0.2, -0.15) is 0 Å². The number of nitrogens with zero attached hydrogens (tertiary/aromatic N) is 1. The lowest BCUT2D eigenvalue weighted by atomic mass is 9.55. The number of amides is 3. The van der Waals surface area contributed by atoms with Crippen LogP contribution in [0.2, 0.25) is 5.02 Å². The van der Waals surface area contributed by atoms with E-state index in [0.29, 0.717) is 16.4 Å². The summed E-state index contributed by atoms with van der Waals surface area (Å²) >= 11 is 5.93. The van der Waals surface area contributed by atoms with Crippen molar-refractivity contribution in [3.63, 3.8) is 0 Å². The van der Waals surface area contributed by atoms with Crippen molar-refractivity contribution in [2.24, 2.45) is 11.8 Å². The molecule has 0 saturated carbocycles. The van der Waals surface area contributed by atoms with Gasteiger partial charge < -0.3 is 10.1 Å². The Bertz CT molecular complexity index is 1640. The highest BCUT2D eigenvalue weighted by Gasteiger charge is 2.61. The maximum absolute atomic E-state index is 13.9. The molecule has 1 heterocycles. The van der Waals surface area contributed by atoms with E-state index < -0.39 is 30.3 Å². The van der Waals surface area contributed by atoms with Crippen LogP contribution in [0.1, 0.15) is 44.4 Å². The highest BCUT2D eigenvalue weighted by atomic mass is 35.5. The molecule has 1 aliphatic heterocycles. The van der Waals surface area contributed by atoms with Gasteiger partial charge in [-0.1, -0.05) is 66.2 Å². The summed E-state index contributed by atoms with van der Waals surface area (Å²) in [6.45, 7) is -0.483. The molecule has 0 spiro atoms. The second kappa shape index (κ2) is 9.71. The Morgan fingerprint density at radius 3 is 1.78 bits per heavy atom. The zero-order chi connectivity index (χ0) is 28.2. The lowest BCUT2D eigenvalue weighted by molar-refractivity contribution is -0.122. The Labute approximate surface area is 240 Å². The first kappa shape index (κ1) is 25.2. The number of anilines is 2. The Morgan fingerprint density at radius 1 is 0.732 bits per heavy atom. The monoisotopic (exact) mass is 562 g/mol. The van der Waals surface area contributed by atoms with Crippen molar-refractivity contribution in [1.29, 1.82) is 0 Å². The molecule has 2 bridgehead atoms. The van der Waals surface area contributed by atoms with Gasteiger partial charge in [-0.05, 0) is 64.7 Å². The highest BCUT2D eigenvalue weighted by molar-refractivity contribution is 6.31. The molecular formula is C33H23ClN2O5. The lowest BCUT2D eigenvalue weighted by Gasteiger charge is -2.45. The molecule has 4 aromatic rings. The Morgan fingerprint density at radius 2 is 1.27 bits per heavy atom. The third-order valence-electron chi connectivity index (χ3n) is 8.25. The van der Waals surface area contributed by atoms with E-state index in [1.54, 1.807) is 36.4 Å². The number of carbonyl (C=O) groups is 4. The average Bonchev–Trinajstić information content (AvgIpc) is 3.26. The van der Waals surface area contributed by atoms with Crippen molar-refractivity contribution in [2.45, 2.75) is 11.8 Å². The van der Waals surface area contributed by atoms with Gasteiger partial charge in [0.2, 0.25) is 11.8 Å². The molecule has 8 rings (SSSR count). The Hall–Kier alpha value is -4.75. The maximum Gasteiger partial charge on any atom is 0.338 e. The van der Waals surface area contributed by atoms with Crippen LogP contribution in [-0.2, 0) is 19.1 Å². The summed E-state index contributed by atoms with van der Waals surface area (Å²) in [5, 5.41) is 3.08. The van der Waals surface area contributed by atoms with Gasteiger partial charge in [-0.3, -0.25) is 14.4 Å². The molecule has 3 aliphatic carbocycles. The van der Waals surface area contributed by atoms with Crippen LogP contribution in [0.4, 0.5) is 11.4 Å². The smallest absolute Gasteiger partial charge is 0.338 e. The number of imide groups is 1. The van der Waals surface area contributed by atoms with Crippen LogP contribution < -0.4 is 10.2 Å². The Balaban J connectivity index is 1.09. The quantitative estimate of drug-likeness (QED) is 0.255. The lowest BCUT2D eigenvalue weighted by Crippen LogP contribution is -2.41. The number of rotatable bonds is 5. The number of hydrogen-bond acceptors (Lipinski definition) is 5. The van der Waals surface area contributed by atoms with Gasteiger partial charge in [0, 0.05) is 22.5 Å². The summed E-state index contributed by atoms with van der Waals surface area (Å²) in [6.07, 6.45) is 0. The van der Waals surface area contributed by atoms with Crippen LogP contribution in [0, 0.1) is 11.8 Å². The van der Waals surface area contributed by atoms with Crippen LogP contribution in [0.3, 0.4) is 0 Å². The molecule has 4 aliphatic rings. The third kappa shape index (κ3) is 4.04. The first-order valence-corrected chi connectivity index (χ1v) is 13.7. The number of nitrogens with one attached hydrogen (secondary N) is 1. The van der Waals surface area contributed by atoms with Crippen LogP contribution in [-0.4, -0.2) is 30.3 Å². The SMILES string of the molecule is O=C(COC(=O)c1ccc(N2C(=O)[C@@H]3C4c5ccccc5C(c5ccccc54)[C@H]3C2=O)cc1)Nc1cccc(Cl)c1. The van der Waals surface area contributed by atoms with Crippen molar-refractivity contribution >= 4 is 46.7 Å². The summed E-state index contributed by atoms with van der Waals surface area (Å²) < 4.78 is 5.15. The first-order chi connectivity index (χ1) is 19.9.